The highest BCUT2D eigenvalue weighted by molar-refractivity contribution is 6.04. The average molecular weight is 584 g/mol. The number of rotatable bonds is 10. The lowest BCUT2D eigenvalue weighted by molar-refractivity contribution is 0.0374. The molecule has 2 aliphatic heterocycles. The maximum Gasteiger partial charge on any atom is 0.323 e. The smallest absolute Gasteiger partial charge is 0.323 e. The molecule has 0 atom stereocenters. The summed E-state index contributed by atoms with van der Waals surface area (Å²) >= 11 is 0. The fourth-order valence-corrected chi connectivity index (χ4v) is 6.11. The number of anilines is 3. The van der Waals surface area contributed by atoms with Crippen molar-refractivity contribution in [3.63, 3.8) is 0 Å². The molecule has 228 valence electrons. The first-order valence-electron chi connectivity index (χ1n) is 15.6. The average Bonchev–Trinajstić information content (AvgIpc) is 3.02. The van der Waals surface area contributed by atoms with Crippen LogP contribution in [0.2, 0.25) is 0 Å². The van der Waals surface area contributed by atoms with E-state index in [2.05, 4.69) is 56.1 Å². The van der Waals surface area contributed by atoms with Crippen LogP contribution >= 0.6 is 0 Å². The molecule has 43 heavy (non-hydrogen) atoms. The van der Waals surface area contributed by atoms with E-state index in [0.29, 0.717) is 23.7 Å². The van der Waals surface area contributed by atoms with Gasteiger partial charge in [0.05, 0.1) is 18.8 Å². The third kappa shape index (κ3) is 8.58. The monoisotopic (exact) mass is 583 g/mol. The number of aryl methyl sites for hydroxylation is 2. The third-order valence-corrected chi connectivity index (χ3v) is 8.58. The number of carbonyl (C=O) groups excluding carboxylic acids is 2. The number of nitrogens with one attached hydrogen (secondary N) is 3. The van der Waals surface area contributed by atoms with Crippen molar-refractivity contribution in [3.8, 4) is 0 Å². The Bertz CT molecular complexity index is 1340. The van der Waals surface area contributed by atoms with Gasteiger partial charge in [-0.15, -0.1) is 0 Å². The first-order chi connectivity index (χ1) is 21.0. The van der Waals surface area contributed by atoms with Crippen molar-refractivity contribution in [2.45, 2.75) is 39.5 Å². The molecule has 2 saturated heterocycles. The lowest BCUT2D eigenvalue weighted by Crippen LogP contribution is -2.38. The van der Waals surface area contributed by atoms with Gasteiger partial charge >= 0.3 is 6.03 Å². The molecule has 0 bridgehead atoms. The molecule has 8 nitrogen and oxygen atoms in total. The van der Waals surface area contributed by atoms with E-state index >= 15 is 0 Å². The molecule has 2 aliphatic rings. The summed E-state index contributed by atoms with van der Waals surface area (Å²) in [4.78, 5) is 31.2. The fraction of sp³-hybridized carbons (Fsp3) is 0.429. The Hall–Kier alpha value is -3.88. The van der Waals surface area contributed by atoms with Gasteiger partial charge in [-0.25, -0.2) is 4.79 Å². The Balaban J connectivity index is 1.25. The van der Waals surface area contributed by atoms with Crippen LogP contribution in [0, 0.1) is 19.8 Å². The van der Waals surface area contributed by atoms with Crippen molar-refractivity contribution in [2.24, 2.45) is 5.92 Å². The summed E-state index contributed by atoms with van der Waals surface area (Å²) in [6.07, 6.45) is 4.12. The first kappa shape index (κ1) is 30.6. The molecule has 0 aliphatic carbocycles. The topological polar surface area (TPSA) is 85.9 Å². The van der Waals surface area contributed by atoms with Crippen molar-refractivity contribution in [3.05, 3.63) is 89.0 Å². The second kappa shape index (κ2) is 15.0. The van der Waals surface area contributed by atoms with E-state index < -0.39 is 0 Å². The number of nitrogens with zero attached hydrogens (tertiary/aromatic N) is 2. The lowest BCUT2D eigenvalue weighted by atomic mass is 9.89. The molecule has 8 heteroatoms. The van der Waals surface area contributed by atoms with Crippen molar-refractivity contribution >= 4 is 29.0 Å². The molecule has 3 amide bonds. The molecule has 3 aromatic rings. The van der Waals surface area contributed by atoms with Crippen LogP contribution in [-0.4, -0.2) is 69.3 Å². The summed E-state index contributed by atoms with van der Waals surface area (Å²) < 4.78 is 5.44. The number of para-hydroxylation sites is 1. The van der Waals surface area contributed by atoms with Crippen LogP contribution in [0.1, 0.15) is 46.3 Å². The summed E-state index contributed by atoms with van der Waals surface area (Å²) in [6, 6.07) is 22.0. The van der Waals surface area contributed by atoms with Crippen molar-refractivity contribution in [2.75, 3.05) is 68.0 Å². The predicted octanol–water partition coefficient (Wildman–Crippen LogP) is 5.86. The minimum Gasteiger partial charge on any atom is -0.379 e. The van der Waals surface area contributed by atoms with Crippen molar-refractivity contribution in [1.82, 2.24) is 10.2 Å². The number of urea groups is 1. The van der Waals surface area contributed by atoms with E-state index in [1.807, 2.05) is 50.2 Å². The molecule has 0 saturated carbocycles. The van der Waals surface area contributed by atoms with Crippen LogP contribution in [0.25, 0.3) is 0 Å². The summed E-state index contributed by atoms with van der Waals surface area (Å²) in [6.45, 7) is 10.7. The van der Waals surface area contributed by atoms with Gasteiger partial charge in [-0.2, -0.15) is 0 Å². The molecular formula is C35H45N5O3. The normalized spacial score (nSPS) is 16.1. The number of hydrogen-bond donors (Lipinski definition) is 3. The standard InChI is InChI=1S/C35H45N5O3/c1-26-8-6-9-27(2)33(26)38-35(42)37-30-12-13-32(40-18-14-29(15-19-40)24-28-10-4-3-5-11-28)31(25-30)34(41)36-16-7-17-39-20-22-43-23-21-39/h3-6,8-13,25,29H,7,14-24H2,1-2H3,(H,36,41)(H2,37,38,42). The molecule has 0 aromatic heterocycles. The van der Waals surface area contributed by atoms with Crippen molar-refractivity contribution in [1.29, 1.82) is 0 Å². The molecule has 2 fully saturated rings. The molecule has 0 spiro atoms. The largest absolute Gasteiger partial charge is 0.379 e. The van der Waals surface area contributed by atoms with E-state index in [4.69, 9.17) is 4.74 Å². The van der Waals surface area contributed by atoms with Gasteiger partial charge in [-0.3, -0.25) is 9.69 Å². The molecular weight excluding hydrogens is 538 g/mol. The summed E-state index contributed by atoms with van der Waals surface area (Å²) in [5, 5.41) is 9.07. The number of piperidine rings is 1. The SMILES string of the molecule is Cc1cccc(C)c1NC(=O)Nc1ccc(N2CCC(Cc3ccccc3)CC2)c(C(=O)NCCCN2CCOCC2)c1. The Kier molecular flexibility index (Phi) is 10.7. The predicted molar refractivity (Wildman–Crippen MR) is 174 cm³/mol. The highest BCUT2D eigenvalue weighted by atomic mass is 16.5. The van der Waals surface area contributed by atoms with Gasteiger partial charge in [-0.1, -0.05) is 48.5 Å². The van der Waals surface area contributed by atoms with Crippen LogP contribution in [0.15, 0.2) is 66.7 Å². The zero-order valence-corrected chi connectivity index (χ0v) is 25.5. The van der Waals surface area contributed by atoms with Gasteiger partial charge in [0.2, 0.25) is 0 Å². The number of hydrogen-bond acceptors (Lipinski definition) is 5. The molecule has 3 N–H and O–H groups in total. The van der Waals surface area contributed by atoms with Gasteiger partial charge < -0.3 is 25.6 Å². The molecule has 2 heterocycles. The van der Waals surface area contributed by atoms with E-state index in [-0.39, 0.29) is 11.9 Å². The van der Waals surface area contributed by atoms with Gasteiger partial charge in [0, 0.05) is 49.8 Å². The fourth-order valence-electron chi connectivity index (χ4n) is 6.11. The van der Waals surface area contributed by atoms with Crippen LogP contribution in [0.3, 0.4) is 0 Å². The molecule has 0 unspecified atom stereocenters. The van der Waals surface area contributed by atoms with Crippen LogP contribution in [0.4, 0.5) is 21.9 Å². The van der Waals surface area contributed by atoms with Gasteiger partial charge in [0.15, 0.2) is 0 Å². The third-order valence-electron chi connectivity index (χ3n) is 8.58. The maximum absolute atomic E-state index is 13.6. The minimum absolute atomic E-state index is 0.109. The number of benzene rings is 3. The zero-order chi connectivity index (χ0) is 30.0. The Morgan fingerprint density at radius 3 is 2.30 bits per heavy atom. The second-order valence-electron chi connectivity index (χ2n) is 11.8. The molecule has 5 rings (SSSR count). The van der Waals surface area contributed by atoms with Crippen LogP contribution in [-0.2, 0) is 11.2 Å². The summed E-state index contributed by atoms with van der Waals surface area (Å²) in [7, 11) is 0. The Labute approximate surface area is 255 Å². The van der Waals surface area contributed by atoms with Crippen molar-refractivity contribution < 1.29 is 14.3 Å². The highest BCUT2D eigenvalue weighted by Gasteiger charge is 2.24. The second-order valence-corrected chi connectivity index (χ2v) is 11.8. The summed E-state index contributed by atoms with van der Waals surface area (Å²) in [5.41, 5.74) is 6.28. The van der Waals surface area contributed by atoms with Gasteiger partial charge in [0.25, 0.3) is 5.91 Å². The number of ether oxygens (including phenoxy) is 1. The van der Waals surface area contributed by atoms with Gasteiger partial charge in [-0.05, 0) is 86.9 Å². The van der Waals surface area contributed by atoms with E-state index in [1.54, 1.807) is 0 Å². The van der Waals surface area contributed by atoms with E-state index in [0.717, 1.165) is 94.1 Å². The number of morpholine rings is 1. The van der Waals surface area contributed by atoms with Crippen LogP contribution < -0.4 is 20.9 Å². The molecule has 0 radical (unpaired) electrons. The quantitative estimate of drug-likeness (QED) is 0.261. The highest BCUT2D eigenvalue weighted by Crippen LogP contribution is 2.30. The number of carbonyl (C=O) groups is 2. The first-order valence-corrected chi connectivity index (χ1v) is 15.6. The lowest BCUT2D eigenvalue weighted by Gasteiger charge is -2.35. The zero-order valence-electron chi connectivity index (χ0n) is 25.5. The Morgan fingerprint density at radius 1 is 0.860 bits per heavy atom. The van der Waals surface area contributed by atoms with Gasteiger partial charge in [0.1, 0.15) is 0 Å². The maximum atomic E-state index is 13.6. The Morgan fingerprint density at radius 2 is 1.58 bits per heavy atom. The minimum atomic E-state index is -0.330. The number of amides is 3. The molecule has 3 aromatic carbocycles. The van der Waals surface area contributed by atoms with Crippen LogP contribution in [0.5, 0.6) is 0 Å². The van der Waals surface area contributed by atoms with E-state index in [9.17, 15) is 9.59 Å². The van der Waals surface area contributed by atoms with E-state index in [1.165, 1.54) is 5.56 Å². The summed E-state index contributed by atoms with van der Waals surface area (Å²) in [5.74, 6) is 0.521.